The summed E-state index contributed by atoms with van der Waals surface area (Å²) in [4.78, 5) is 12.6. The lowest BCUT2D eigenvalue weighted by atomic mass is 9.97. The van der Waals surface area contributed by atoms with Crippen LogP contribution in [0.3, 0.4) is 0 Å². The third-order valence-electron chi connectivity index (χ3n) is 4.01. The summed E-state index contributed by atoms with van der Waals surface area (Å²) < 4.78 is 0. The van der Waals surface area contributed by atoms with Crippen LogP contribution >= 0.6 is 35.3 Å². The minimum atomic E-state index is 0. The number of thiazole rings is 1. The second kappa shape index (κ2) is 9.05. The summed E-state index contributed by atoms with van der Waals surface area (Å²) in [5.74, 6) is 2.63. The molecule has 0 radical (unpaired) electrons. The van der Waals surface area contributed by atoms with E-state index >= 15 is 0 Å². The third kappa shape index (κ3) is 5.37. The van der Waals surface area contributed by atoms with E-state index < -0.39 is 0 Å². The second-order valence-corrected chi connectivity index (χ2v) is 7.66. The first-order valence-electron chi connectivity index (χ1n) is 7.88. The van der Waals surface area contributed by atoms with Gasteiger partial charge in [-0.15, -0.1) is 35.3 Å². The van der Waals surface area contributed by atoms with E-state index in [0.717, 1.165) is 48.1 Å². The number of hydrogen-bond donors (Lipinski definition) is 1. The molecule has 22 heavy (non-hydrogen) atoms. The van der Waals surface area contributed by atoms with Crippen LogP contribution in [-0.2, 0) is 6.54 Å². The molecule has 0 spiro atoms. The SMILES string of the molecule is CN=C(NCc1sc(C)nc1C)N1CCC(CC(C)C)C1.I. The van der Waals surface area contributed by atoms with Crippen molar-refractivity contribution in [2.45, 2.75) is 47.1 Å². The Morgan fingerprint density at radius 2 is 2.18 bits per heavy atom. The van der Waals surface area contributed by atoms with E-state index in [4.69, 9.17) is 0 Å². The molecule has 1 aliphatic rings. The Morgan fingerprint density at radius 3 is 2.73 bits per heavy atom. The highest BCUT2D eigenvalue weighted by Gasteiger charge is 2.25. The van der Waals surface area contributed by atoms with Crippen molar-refractivity contribution in [1.29, 1.82) is 0 Å². The number of aliphatic imine (C=N–C) groups is 1. The fraction of sp³-hybridized carbons (Fsp3) is 0.750. The smallest absolute Gasteiger partial charge is 0.193 e. The summed E-state index contributed by atoms with van der Waals surface area (Å²) in [5, 5.41) is 4.64. The molecule has 2 heterocycles. The lowest BCUT2D eigenvalue weighted by Gasteiger charge is -2.22. The first kappa shape index (κ1) is 19.7. The predicted octanol–water partition coefficient (Wildman–Crippen LogP) is 3.82. The van der Waals surface area contributed by atoms with Gasteiger partial charge in [-0.05, 0) is 38.5 Å². The van der Waals surface area contributed by atoms with Crippen molar-refractivity contribution >= 4 is 41.3 Å². The Balaban J connectivity index is 0.00000242. The summed E-state index contributed by atoms with van der Waals surface area (Å²) >= 11 is 1.77. The number of halogens is 1. The molecule has 0 amide bonds. The van der Waals surface area contributed by atoms with Gasteiger partial charge in [-0.25, -0.2) is 4.98 Å². The summed E-state index contributed by atoms with van der Waals surface area (Å²) in [7, 11) is 1.88. The molecule has 1 atom stereocenters. The van der Waals surface area contributed by atoms with Gasteiger partial charge in [-0.3, -0.25) is 4.99 Å². The number of likely N-dealkylation sites (tertiary alicyclic amines) is 1. The van der Waals surface area contributed by atoms with Crippen LogP contribution in [0.2, 0.25) is 0 Å². The molecule has 0 aliphatic carbocycles. The van der Waals surface area contributed by atoms with E-state index in [-0.39, 0.29) is 24.0 Å². The zero-order chi connectivity index (χ0) is 15.4. The quantitative estimate of drug-likeness (QED) is 0.443. The summed E-state index contributed by atoms with van der Waals surface area (Å²) in [6.45, 7) is 11.9. The van der Waals surface area contributed by atoms with E-state index in [1.54, 1.807) is 11.3 Å². The Bertz CT molecular complexity index is 498. The van der Waals surface area contributed by atoms with Gasteiger partial charge in [0.1, 0.15) is 0 Å². The molecule has 1 aromatic rings. The van der Waals surface area contributed by atoms with Crippen LogP contribution < -0.4 is 5.32 Å². The average molecular weight is 436 g/mol. The molecule has 1 unspecified atom stereocenters. The fourth-order valence-electron chi connectivity index (χ4n) is 3.11. The van der Waals surface area contributed by atoms with Gasteiger partial charge in [0.05, 0.1) is 17.2 Å². The standard InChI is InChI=1S/C16H28N4S.HI/c1-11(2)8-14-6-7-20(10-14)16(17-5)18-9-15-12(3)19-13(4)21-15;/h11,14H,6-10H2,1-5H3,(H,17,18);1H. The van der Waals surface area contributed by atoms with Gasteiger partial charge in [0.25, 0.3) is 0 Å². The van der Waals surface area contributed by atoms with Gasteiger partial charge >= 0.3 is 0 Å². The molecule has 0 bridgehead atoms. The Labute approximate surface area is 155 Å². The Hall–Kier alpha value is -0.370. The van der Waals surface area contributed by atoms with Crippen molar-refractivity contribution in [1.82, 2.24) is 15.2 Å². The number of hydrogen-bond acceptors (Lipinski definition) is 3. The van der Waals surface area contributed by atoms with Gasteiger partial charge in [-0.1, -0.05) is 13.8 Å². The predicted molar refractivity (Wildman–Crippen MR) is 106 cm³/mol. The van der Waals surface area contributed by atoms with Gasteiger partial charge in [0, 0.05) is 25.0 Å². The molecule has 2 rings (SSSR count). The van der Waals surface area contributed by atoms with Crippen molar-refractivity contribution in [3.05, 3.63) is 15.6 Å². The van der Waals surface area contributed by atoms with E-state index in [1.165, 1.54) is 17.7 Å². The highest BCUT2D eigenvalue weighted by Crippen LogP contribution is 2.23. The van der Waals surface area contributed by atoms with Crippen LogP contribution in [0.25, 0.3) is 0 Å². The molecule has 0 saturated carbocycles. The zero-order valence-corrected chi connectivity index (χ0v) is 17.5. The van der Waals surface area contributed by atoms with Crippen molar-refractivity contribution in [3.8, 4) is 0 Å². The molecular formula is C16H29IN4S. The maximum absolute atomic E-state index is 4.48. The van der Waals surface area contributed by atoms with Crippen LogP contribution in [0.15, 0.2) is 4.99 Å². The molecule has 4 nitrogen and oxygen atoms in total. The van der Waals surface area contributed by atoms with Gasteiger partial charge in [-0.2, -0.15) is 0 Å². The highest BCUT2D eigenvalue weighted by atomic mass is 127. The molecule has 1 aromatic heterocycles. The fourth-order valence-corrected chi connectivity index (χ4v) is 3.99. The van der Waals surface area contributed by atoms with Crippen molar-refractivity contribution < 1.29 is 0 Å². The van der Waals surface area contributed by atoms with Gasteiger partial charge in [0.2, 0.25) is 0 Å². The highest BCUT2D eigenvalue weighted by molar-refractivity contribution is 14.0. The number of aryl methyl sites for hydroxylation is 2. The number of nitrogens with one attached hydrogen (secondary N) is 1. The largest absolute Gasteiger partial charge is 0.351 e. The molecule has 6 heteroatoms. The normalized spacial score (nSPS) is 18.7. The zero-order valence-electron chi connectivity index (χ0n) is 14.3. The number of rotatable bonds is 4. The van der Waals surface area contributed by atoms with Gasteiger partial charge < -0.3 is 10.2 Å². The van der Waals surface area contributed by atoms with Crippen LogP contribution in [0.1, 0.15) is 42.3 Å². The first-order valence-corrected chi connectivity index (χ1v) is 8.69. The molecule has 1 N–H and O–H groups in total. The molecule has 1 fully saturated rings. The summed E-state index contributed by atoms with van der Waals surface area (Å²) in [6.07, 6.45) is 2.61. The lowest BCUT2D eigenvalue weighted by Crippen LogP contribution is -2.39. The Kier molecular flexibility index (Phi) is 8.10. The monoisotopic (exact) mass is 436 g/mol. The van der Waals surface area contributed by atoms with Crippen LogP contribution in [0.5, 0.6) is 0 Å². The number of nitrogens with zero attached hydrogens (tertiary/aromatic N) is 3. The van der Waals surface area contributed by atoms with Crippen LogP contribution in [-0.4, -0.2) is 36.0 Å². The topological polar surface area (TPSA) is 40.5 Å². The van der Waals surface area contributed by atoms with Crippen molar-refractivity contribution in [2.24, 2.45) is 16.8 Å². The molecule has 0 aromatic carbocycles. The molecular weight excluding hydrogens is 407 g/mol. The van der Waals surface area contributed by atoms with E-state index in [2.05, 4.69) is 47.9 Å². The van der Waals surface area contributed by atoms with Gasteiger partial charge in [0.15, 0.2) is 5.96 Å². The number of aromatic nitrogens is 1. The molecule has 126 valence electrons. The minimum Gasteiger partial charge on any atom is -0.351 e. The van der Waals surface area contributed by atoms with E-state index in [0.29, 0.717) is 0 Å². The van der Waals surface area contributed by atoms with Crippen LogP contribution in [0, 0.1) is 25.7 Å². The number of guanidine groups is 1. The average Bonchev–Trinajstić information content (AvgIpc) is 2.97. The molecule has 1 aliphatic heterocycles. The van der Waals surface area contributed by atoms with Crippen molar-refractivity contribution in [2.75, 3.05) is 20.1 Å². The van der Waals surface area contributed by atoms with Crippen LogP contribution in [0.4, 0.5) is 0 Å². The summed E-state index contributed by atoms with van der Waals surface area (Å²) in [5.41, 5.74) is 1.14. The van der Waals surface area contributed by atoms with Crippen molar-refractivity contribution in [3.63, 3.8) is 0 Å². The lowest BCUT2D eigenvalue weighted by molar-refractivity contribution is 0.403. The maximum Gasteiger partial charge on any atom is 0.193 e. The minimum absolute atomic E-state index is 0. The van der Waals surface area contributed by atoms with E-state index in [1.807, 2.05) is 7.05 Å². The summed E-state index contributed by atoms with van der Waals surface area (Å²) in [6, 6.07) is 0. The second-order valence-electron chi connectivity index (χ2n) is 6.37. The Morgan fingerprint density at radius 1 is 1.45 bits per heavy atom. The maximum atomic E-state index is 4.48. The first-order chi connectivity index (χ1) is 9.99. The van der Waals surface area contributed by atoms with E-state index in [9.17, 15) is 0 Å². The third-order valence-corrected chi connectivity index (χ3v) is 5.08. The molecule has 1 saturated heterocycles.